The molecule has 1 unspecified atom stereocenters. The summed E-state index contributed by atoms with van der Waals surface area (Å²) in [5, 5.41) is 10.3. The molecule has 2 aliphatic rings. The molecule has 0 radical (unpaired) electrons. The number of anilines is 1. The first-order valence-electron chi connectivity index (χ1n) is 7.08. The van der Waals surface area contributed by atoms with Crippen LogP contribution >= 0.6 is 11.3 Å². The SMILES string of the molecule is CC(C)C1CCCN1c1nc(C2CC2)c(C(=O)O)s1. The van der Waals surface area contributed by atoms with Gasteiger partial charge in [0, 0.05) is 18.5 Å². The normalized spacial score (nSPS) is 23.3. The van der Waals surface area contributed by atoms with Crippen LogP contribution in [-0.4, -0.2) is 28.6 Å². The van der Waals surface area contributed by atoms with Gasteiger partial charge in [-0.1, -0.05) is 25.2 Å². The fraction of sp³-hybridized carbons (Fsp3) is 0.714. The van der Waals surface area contributed by atoms with E-state index in [1.165, 1.54) is 24.2 Å². The molecule has 1 aromatic heterocycles. The molecule has 104 valence electrons. The van der Waals surface area contributed by atoms with E-state index in [9.17, 15) is 9.90 Å². The Hall–Kier alpha value is -1.10. The van der Waals surface area contributed by atoms with Crippen molar-refractivity contribution in [1.82, 2.24) is 4.98 Å². The maximum atomic E-state index is 11.3. The van der Waals surface area contributed by atoms with E-state index in [1.54, 1.807) is 0 Å². The van der Waals surface area contributed by atoms with E-state index < -0.39 is 5.97 Å². The molecular weight excluding hydrogens is 260 g/mol. The van der Waals surface area contributed by atoms with Gasteiger partial charge in [0.15, 0.2) is 5.13 Å². The number of thiazole rings is 1. The summed E-state index contributed by atoms with van der Waals surface area (Å²) in [6.45, 7) is 5.48. The number of rotatable bonds is 4. The van der Waals surface area contributed by atoms with Crippen molar-refractivity contribution in [2.75, 3.05) is 11.4 Å². The summed E-state index contributed by atoms with van der Waals surface area (Å²) in [7, 11) is 0. The summed E-state index contributed by atoms with van der Waals surface area (Å²) >= 11 is 1.37. The monoisotopic (exact) mass is 280 g/mol. The Morgan fingerprint density at radius 2 is 2.16 bits per heavy atom. The van der Waals surface area contributed by atoms with Crippen LogP contribution in [0, 0.1) is 5.92 Å². The smallest absolute Gasteiger partial charge is 0.347 e. The minimum Gasteiger partial charge on any atom is -0.477 e. The standard InChI is InChI=1S/C14H20N2O2S/c1-8(2)10-4-3-7-16(10)14-15-11(9-5-6-9)12(19-14)13(17)18/h8-10H,3-7H2,1-2H3,(H,17,18). The summed E-state index contributed by atoms with van der Waals surface area (Å²) < 4.78 is 0. The highest BCUT2D eigenvalue weighted by Gasteiger charge is 2.35. The summed E-state index contributed by atoms with van der Waals surface area (Å²) in [5.41, 5.74) is 0.835. The van der Waals surface area contributed by atoms with E-state index in [0.29, 0.717) is 22.8 Å². The van der Waals surface area contributed by atoms with Crippen molar-refractivity contribution >= 4 is 22.4 Å². The van der Waals surface area contributed by atoms with Gasteiger partial charge in [0.1, 0.15) is 4.88 Å². The molecule has 0 spiro atoms. The average Bonchev–Trinajstić information content (AvgIpc) is 2.93. The van der Waals surface area contributed by atoms with Crippen LogP contribution in [0.15, 0.2) is 0 Å². The average molecular weight is 280 g/mol. The van der Waals surface area contributed by atoms with Crippen LogP contribution in [-0.2, 0) is 0 Å². The van der Waals surface area contributed by atoms with Crippen molar-refractivity contribution in [2.45, 2.75) is 51.5 Å². The lowest BCUT2D eigenvalue weighted by Crippen LogP contribution is -2.33. The van der Waals surface area contributed by atoms with Crippen LogP contribution < -0.4 is 4.90 Å². The number of carboxylic acids is 1. The zero-order valence-corrected chi connectivity index (χ0v) is 12.2. The molecule has 0 aromatic carbocycles. The molecule has 1 saturated heterocycles. The minimum absolute atomic E-state index is 0.399. The molecule has 0 bridgehead atoms. The first-order chi connectivity index (χ1) is 9.08. The second-order valence-electron chi connectivity index (χ2n) is 5.94. The van der Waals surface area contributed by atoms with E-state index in [2.05, 4.69) is 23.7 Å². The lowest BCUT2D eigenvalue weighted by Gasteiger charge is -2.27. The van der Waals surface area contributed by atoms with Gasteiger partial charge in [-0.3, -0.25) is 0 Å². The van der Waals surface area contributed by atoms with E-state index in [4.69, 9.17) is 0 Å². The van der Waals surface area contributed by atoms with Gasteiger partial charge in [0.05, 0.1) is 5.69 Å². The van der Waals surface area contributed by atoms with Gasteiger partial charge in [0.2, 0.25) is 0 Å². The summed E-state index contributed by atoms with van der Waals surface area (Å²) in [5.74, 6) is 0.172. The molecule has 1 aliphatic carbocycles. The molecule has 1 aliphatic heterocycles. The Kier molecular flexibility index (Phi) is 3.25. The Morgan fingerprint density at radius 3 is 2.74 bits per heavy atom. The number of hydrogen-bond acceptors (Lipinski definition) is 4. The molecular formula is C14H20N2O2S. The van der Waals surface area contributed by atoms with Crippen LogP contribution in [0.1, 0.15) is 60.8 Å². The van der Waals surface area contributed by atoms with Gasteiger partial charge < -0.3 is 10.0 Å². The zero-order chi connectivity index (χ0) is 13.6. The number of aromatic carboxylic acids is 1. The number of carbonyl (C=O) groups is 1. The van der Waals surface area contributed by atoms with Gasteiger partial charge in [-0.15, -0.1) is 0 Å². The highest BCUT2D eigenvalue weighted by atomic mass is 32.1. The highest BCUT2D eigenvalue weighted by molar-refractivity contribution is 7.17. The Bertz CT molecular complexity index is 494. The minimum atomic E-state index is -0.814. The Morgan fingerprint density at radius 1 is 1.42 bits per heavy atom. The topological polar surface area (TPSA) is 53.4 Å². The van der Waals surface area contributed by atoms with Gasteiger partial charge >= 0.3 is 5.97 Å². The Balaban J connectivity index is 1.92. The fourth-order valence-electron chi connectivity index (χ4n) is 2.95. The van der Waals surface area contributed by atoms with Crippen molar-refractivity contribution in [3.63, 3.8) is 0 Å². The van der Waals surface area contributed by atoms with Gasteiger partial charge in [-0.25, -0.2) is 9.78 Å². The Labute approximate surface area is 117 Å². The molecule has 2 heterocycles. The first-order valence-corrected chi connectivity index (χ1v) is 7.90. The molecule has 0 amide bonds. The molecule has 4 nitrogen and oxygen atoms in total. The lowest BCUT2D eigenvalue weighted by molar-refractivity contribution is 0.0700. The third-order valence-electron chi connectivity index (χ3n) is 4.11. The van der Waals surface area contributed by atoms with Gasteiger partial charge in [-0.2, -0.15) is 0 Å². The summed E-state index contributed by atoms with van der Waals surface area (Å²) in [6.07, 6.45) is 4.57. The van der Waals surface area contributed by atoms with Crippen LogP contribution in [0.4, 0.5) is 5.13 Å². The van der Waals surface area contributed by atoms with Gasteiger partial charge in [0.25, 0.3) is 0 Å². The number of aromatic nitrogens is 1. The molecule has 1 N–H and O–H groups in total. The quantitative estimate of drug-likeness (QED) is 0.919. The largest absolute Gasteiger partial charge is 0.477 e. The molecule has 1 atom stereocenters. The van der Waals surface area contributed by atoms with E-state index in [-0.39, 0.29) is 0 Å². The second-order valence-corrected chi connectivity index (χ2v) is 6.91. The van der Waals surface area contributed by atoms with Crippen LogP contribution in [0.3, 0.4) is 0 Å². The third kappa shape index (κ3) is 2.36. The molecule has 1 aromatic rings. The summed E-state index contributed by atoms with van der Waals surface area (Å²) in [4.78, 5) is 18.8. The summed E-state index contributed by atoms with van der Waals surface area (Å²) in [6, 6.07) is 0.514. The molecule has 3 rings (SSSR count). The van der Waals surface area contributed by atoms with E-state index in [0.717, 1.165) is 30.2 Å². The zero-order valence-electron chi connectivity index (χ0n) is 11.4. The van der Waals surface area contributed by atoms with Gasteiger partial charge in [-0.05, 0) is 31.6 Å². The highest BCUT2D eigenvalue weighted by Crippen LogP contribution is 2.45. The van der Waals surface area contributed by atoms with Crippen LogP contribution in [0.25, 0.3) is 0 Å². The van der Waals surface area contributed by atoms with Crippen molar-refractivity contribution in [1.29, 1.82) is 0 Å². The lowest BCUT2D eigenvalue weighted by atomic mass is 10.0. The number of carboxylic acid groups (broad SMARTS) is 1. The van der Waals surface area contributed by atoms with Crippen molar-refractivity contribution in [3.05, 3.63) is 10.6 Å². The van der Waals surface area contributed by atoms with Crippen LogP contribution in [0.2, 0.25) is 0 Å². The van der Waals surface area contributed by atoms with E-state index >= 15 is 0 Å². The maximum Gasteiger partial charge on any atom is 0.347 e. The van der Waals surface area contributed by atoms with Crippen LogP contribution in [0.5, 0.6) is 0 Å². The predicted molar refractivity (Wildman–Crippen MR) is 76.3 cm³/mol. The molecule has 19 heavy (non-hydrogen) atoms. The fourth-order valence-corrected chi connectivity index (χ4v) is 4.03. The second kappa shape index (κ2) is 4.78. The molecule has 5 heteroatoms. The van der Waals surface area contributed by atoms with Crippen molar-refractivity contribution in [2.24, 2.45) is 5.92 Å². The van der Waals surface area contributed by atoms with Crippen molar-refractivity contribution < 1.29 is 9.90 Å². The molecule has 1 saturated carbocycles. The number of nitrogens with zero attached hydrogens (tertiary/aromatic N) is 2. The molecule has 2 fully saturated rings. The maximum absolute atomic E-state index is 11.3. The number of hydrogen-bond donors (Lipinski definition) is 1. The predicted octanol–water partition coefficient (Wildman–Crippen LogP) is 3.34. The van der Waals surface area contributed by atoms with E-state index in [1.807, 2.05) is 0 Å². The first kappa shape index (κ1) is 12.9. The van der Waals surface area contributed by atoms with Crippen molar-refractivity contribution in [3.8, 4) is 0 Å². The third-order valence-corrected chi connectivity index (χ3v) is 5.21.